The molecule has 2 amide bonds. The quantitative estimate of drug-likeness (QED) is 0.886. The normalized spacial score (nSPS) is 25.0. The summed E-state index contributed by atoms with van der Waals surface area (Å²) in [5.74, 6) is -0.172. The second kappa shape index (κ2) is 5.96. The molecule has 2 aliphatic heterocycles. The first kappa shape index (κ1) is 16.0. The minimum atomic E-state index is -0.166. The van der Waals surface area contributed by atoms with Crippen LogP contribution in [0.4, 0.5) is 0 Å². The minimum absolute atomic E-state index is 0.00549. The van der Waals surface area contributed by atoms with Gasteiger partial charge in [-0.1, -0.05) is 0 Å². The fourth-order valence-electron chi connectivity index (χ4n) is 3.41. The highest BCUT2D eigenvalue weighted by molar-refractivity contribution is 5.97. The van der Waals surface area contributed by atoms with E-state index in [1.807, 2.05) is 32.6 Å². The van der Waals surface area contributed by atoms with Crippen molar-refractivity contribution in [2.75, 3.05) is 19.6 Å². The van der Waals surface area contributed by atoms with Crippen molar-refractivity contribution >= 4 is 11.8 Å². The Bertz CT molecular complexity index is 625. The van der Waals surface area contributed by atoms with E-state index in [4.69, 9.17) is 4.74 Å². The van der Waals surface area contributed by atoms with Crippen LogP contribution in [-0.4, -0.2) is 63.6 Å². The maximum absolute atomic E-state index is 12.8. The topological polar surface area (TPSA) is 78.5 Å². The molecule has 0 saturated carbocycles. The third-order valence-electron chi connectivity index (χ3n) is 4.60. The first-order chi connectivity index (χ1) is 10.9. The van der Waals surface area contributed by atoms with E-state index in [0.29, 0.717) is 25.2 Å². The summed E-state index contributed by atoms with van der Waals surface area (Å²) in [6, 6.07) is 0.164. The molecule has 1 fully saturated rings. The lowest BCUT2D eigenvalue weighted by Crippen LogP contribution is -2.54. The summed E-state index contributed by atoms with van der Waals surface area (Å²) in [4.78, 5) is 28.4. The van der Waals surface area contributed by atoms with Gasteiger partial charge < -0.3 is 14.5 Å². The van der Waals surface area contributed by atoms with E-state index >= 15 is 0 Å². The van der Waals surface area contributed by atoms with Crippen LogP contribution in [0.15, 0.2) is 0 Å². The Balaban J connectivity index is 1.79. The van der Waals surface area contributed by atoms with Gasteiger partial charge in [0.05, 0.1) is 17.9 Å². The van der Waals surface area contributed by atoms with Gasteiger partial charge >= 0.3 is 0 Å². The van der Waals surface area contributed by atoms with Crippen LogP contribution in [0.5, 0.6) is 0 Å². The third-order valence-corrected chi connectivity index (χ3v) is 4.60. The second-order valence-electron chi connectivity index (χ2n) is 6.67. The van der Waals surface area contributed by atoms with Gasteiger partial charge in [-0.2, -0.15) is 5.10 Å². The van der Waals surface area contributed by atoms with Crippen molar-refractivity contribution in [3.63, 3.8) is 0 Å². The highest BCUT2D eigenvalue weighted by Crippen LogP contribution is 2.30. The summed E-state index contributed by atoms with van der Waals surface area (Å²) in [6.45, 7) is 9.17. The van der Waals surface area contributed by atoms with Crippen molar-refractivity contribution in [3.8, 4) is 0 Å². The molecule has 1 saturated heterocycles. The Kier molecular flexibility index (Phi) is 4.14. The molecule has 0 unspecified atom stereocenters. The summed E-state index contributed by atoms with van der Waals surface area (Å²) in [6.07, 6.45) is 0.625. The van der Waals surface area contributed by atoms with Crippen molar-refractivity contribution in [2.24, 2.45) is 0 Å². The molecule has 3 heterocycles. The van der Waals surface area contributed by atoms with Gasteiger partial charge in [0.2, 0.25) is 5.91 Å². The molecule has 2 atom stereocenters. The molecule has 2 aliphatic rings. The predicted molar refractivity (Wildman–Crippen MR) is 84.0 cm³/mol. The zero-order valence-corrected chi connectivity index (χ0v) is 14.1. The van der Waals surface area contributed by atoms with Gasteiger partial charge in [-0.3, -0.25) is 14.7 Å². The Labute approximate surface area is 136 Å². The number of rotatable bonds is 2. The number of amides is 2. The van der Waals surface area contributed by atoms with Crippen molar-refractivity contribution in [3.05, 3.63) is 17.0 Å². The van der Waals surface area contributed by atoms with E-state index in [1.54, 1.807) is 4.90 Å². The summed E-state index contributed by atoms with van der Waals surface area (Å²) < 4.78 is 5.75. The molecule has 23 heavy (non-hydrogen) atoms. The zero-order chi connectivity index (χ0) is 16.7. The molecule has 0 bridgehead atoms. The lowest BCUT2D eigenvalue weighted by atomic mass is 9.99. The number of nitrogens with one attached hydrogen (secondary N) is 1. The Morgan fingerprint density at radius 1 is 1.35 bits per heavy atom. The molecule has 7 heteroatoms. The van der Waals surface area contributed by atoms with Crippen LogP contribution in [0.25, 0.3) is 0 Å². The molecule has 0 spiro atoms. The minimum Gasteiger partial charge on any atom is -0.369 e. The fourth-order valence-corrected chi connectivity index (χ4v) is 3.41. The Morgan fingerprint density at radius 2 is 2.09 bits per heavy atom. The second-order valence-corrected chi connectivity index (χ2v) is 6.67. The van der Waals surface area contributed by atoms with Crippen LogP contribution in [0, 0.1) is 0 Å². The molecule has 7 nitrogen and oxygen atoms in total. The molecular weight excluding hydrogens is 296 g/mol. The predicted octanol–water partition coefficient (Wildman–Crippen LogP) is 1.12. The molecular formula is C16H24N4O3. The van der Waals surface area contributed by atoms with E-state index in [1.165, 1.54) is 0 Å². The number of fused-ring (bicyclic) bond motifs is 1. The lowest BCUT2D eigenvalue weighted by Gasteiger charge is -2.36. The number of H-pyrrole nitrogens is 1. The van der Waals surface area contributed by atoms with E-state index < -0.39 is 0 Å². The maximum atomic E-state index is 12.8. The molecule has 1 N–H and O–H groups in total. The number of nitrogens with zero attached hydrogens (tertiary/aromatic N) is 3. The van der Waals surface area contributed by atoms with Crippen molar-refractivity contribution in [1.82, 2.24) is 20.0 Å². The smallest absolute Gasteiger partial charge is 0.275 e. The van der Waals surface area contributed by atoms with Gasteiger partial charge in [0.1, 0.15) is 6.54 Å². The van der Waals surface area contributed by atoms with Gasteiger partial charge in [-0.05, 0) is 27.7 Å². The number of hydrogen-bond acceptors (Lipinski definition) is 4. The SMILES string of the molecule is CC(C)N1CCN(C(=O)c2n[nH]c3c2C[C@H](C)O[C@@H]3C)CC1=O. The molecule has 3 rings (SSSR count). The summed E-state index contributed by atoms with van der Waals surface area (Å²) >= 11 is 0. The van der Waals surface area contributed by atoms with Crippen LogP contribution in [0.2, 0.25) is 0 Å². The van der Waals surface area contributed by atoms with Crippen molar-refractivity contribution in [2.45, 2.75) is 52.4 Å². The first-order valence-corrected chi connectivity index (χ1v) is 8.19. The number of hydrogen-bond donors (Lipinski definition) is 1. The fraction of sp³-hybridized carbons (Fsp3) is 0.688. The summed E-state index contributed by atoms with van der Waals surface area (Å²) in [7, 11) is 0. The number of piperazine rings is 1. The van der Waals surface area contributed by atoms with Gasteiger partial charge in [-0.15, -0.1) is 0 Å². The first-order valence-electron chi connectivity index (χ1n) is 8.19. The van der Waals surface area contributed by atoms with E-state index in [-0.39, 0.29) is 36.6 Å². The molecule has 126 valence electrons. The van der Waals surface area contributed by atoms with Gasteiger partial charge in [0, 0.05) is 31.1 Å². The highest BCUT2D eigenvalue weighted by Gasteiger charge is 2.34. The highest BCUT2D eigenvalue weighted by atomic mass is 16.5. The Morgan fingerprint density at radius 3 is 2.74 bits per heavy atom. The third kappa shape index (κ3) is 2.85. The number of aromatic nitrogens is 2. The van der Waals surface area contributed by atoms with Crippen molar-refractivity contribution < 1.29 is 14.3 Å². The van der Waals surface area contributed by atoms with Gasteiger partial charge in [0.15, 0.2) is 5.69 Å². The van der Waals surface area contributed by atoms with Crippen LogP contribution >= 0.6 is 0 Å². The summed E-state index contributed by atoms with van der Waals surface area (Å²) in [5.41, 5.74) is 2.24. The molecule has 1 aromatic heterocycles. The number of carbonyl (C=O) groups excluding carboxylic acids is 2. The molecule has 1 aromatic rings. The van der Waals surface area contributed by atoms with E-state index in [9.17, 15) is 9.59 Å². The number of aromatic amines is 1. The van der Waals surface area contributed by atoms with Crippen LogP contribution in [0.3, 0.4) is 0 Å². The number of carbonyl (C=O) groups is 2. The van der Waals surface area contributed by atoms with Gasteiger partial charge in [0.25, 0.3) is 5.91 Å². The van der Waals surface area contributed by atoms with Crippen LogP contribution < -0.4 is 0 Å². The molecule has 0 radical (unpaired) electrons. The largest absolute Gasteiger partial charge is 0.369 e. The van der Waals surface area contributed by atoms with E-state index in [0.717, 1.165) is 11.3 Å². The van der Waals surface area contributed by atoms with E-state index in [2.05, 4.69) is 10.2 Å². The lowest BCUT2D eigenvalue weighted by molar-refractivity contribution is -0.136. The molecule has 0 aromatic carbocycles. The Hall–Kier alpha value is -1.89. The summed E-state index contributed by atoms with van der Waals surface area (Å²) in [5, 5.41) is 7.15. The van der Waals surface area contributed by atoms with Gasteiger partial charge in [-0.25, -0.2) is 0 Å². The monoisotopic (exact) mass is 320 g/mol. The van der Waals surface area contributed by atoms with Crippen molar-refractivity contribution in [1.29, 1.82) is 0 Å². The standard InChI is InChI=1S/C16H24N4O3/c1-9(2)20-6-5-19(8-13(20)21)16(22)15-12-7-10(3)23-11(4)14(12)17-18-15/h9-11H,5-8H2,1-4H3,(H,17,18)/t10-,11+/m0/s1. The van der Waals surface area contributed by atoms with Crippen LogP contribution in [0.1, 0.15) is 55.5 Å². The van der Waals surface area contributed by atoms with Crippen LogP contribution in [-0.2, 0) is 16.0 Å². The average molecular weight is 320 g/mol. The molecule has 0 aliphatic carbocycles. The average Bonchev–Trinajstić information content (AvgIpc) is 2.89. The maximum Gasteiger partial charge on any atom is 0.275 e. The number of ether oxygens (including phenoxy) is 1. The zero-order valence-electron chi connectivity index (χ0n) is 14.1.